The van der Waals surface area contributed by atoms with E-state index >= 15 is 0 Å². The van der Waals surface area contributed by atoms with Crippen LogP contribution in [0.2, 0.25) is 0 Å². The number of aryl methyl sites for hydroxylation is 1. The Morgan fingerprint density at radius 3 is 2.56 bits per heavy atom. The van der Waals surface area contributed by atoms with Gasteiger partial charge in [0.25, 0.3) is 10.0 Å². The highest BCUT2D eigenvalue weighted by atomic mass is 32.2. The van der Waals surface area contributed by atoms with Crippen molar-refractivity contribution in [1.29, 1.82) is 0 Å². The Bertz CT molecular complexity index is 859. The molecule has 1 aliphatic heterocycles. The number of benzene rings is 1. The van der Waals surface area contributed by atoms with Crippen molar-refractivity contribution in [3.8, 4) is 5.75 Å². The third kappa shape index (κ3) is 3.70. The van der Waals surface area contributed by atoms with Gasteiger partial charge in [0, 0.05) is 17.1 Å². The molecule has 3 rings (SSSR count). The molecule has 1 aliphatic rings. The van der Waals surface area contributed by atoms with Gasteiger partial charge in [0.15, 0.2) is 0 Å². The molecule has 1 aromatic carbocycles. The molecule has 1 unspecified atom stereocenters. The fourth-order valence-electron chi connectivity index (χ4n) is 2.86. The Labute approximate surface area is 151 Å². The number of ether oxygens (including phenoxy) is 1. The quantitative estimate of drug-likeness (QED) is 0.865. The summed E-state index contributed by atoms with van der Waals surface area (Å²) in [5.41, 5.74) is 0.613. The predicted octanol–water partition coefficient (Wildman–Crippen LogP) is 2.86. The van der Waals surface area contributed by atoms with Crippen molar-refractivity contribution in [2.45, 2.75) is 30.0 Å². The zero-order valence-electron chi connectivity index (χ0n) is 14.1. The number of nitrogens with one attached hydrogen (secondary N) is 1. The van der Waals surface area contributed by atoms with Crippen LogP contribution in [0.4, 0.5) is 5.69 Å². The molecule has 1 fully saturated rings. The lowest BCUT2D eigenvalue weighted by Crippen LogP contribution is -2.42. The van der Waals surface area contributed by atoms with Crippen LogP contribution in [-0.4, -0.2) is 38.3 Å². The van der Waals surface area contributed by atoms with E-state index in [2.05, 4.69) is 5.32 Å². The summed E-state index contributed by atoms with van der Waals surface area (Å²) in [4.78, 5) is 13.5. The third-order valence-electron chi connectivity index (χ3n) is 4.14. The molecule has 1 N–H and O–H groups in total. The number of anilines is 1. The summed E-state index contributed by atoms with van der Waals surface area (Å²) in [6, 6.07) is 9.64. The molecule has 0 spiro atoms. The van der Waals surface area contributed by atoms with Crippen molar-refractivity contribution in [1.82, 2.24) is 4.31 Å². The van der Waals surface area contributed by atoms with Gasteiger partial charge in [0.1, 0.15) is 16.0 Å². The molecule has 0 radical (unpaired) electrons. The van der Waals surface area contributed by atoms with Gasteiger partial charge in [0.2, 0.25) is 5.91 Å². The third-order valence-corrected chi connectivity index (χ3v) is 7.52. The first-order chi connectivity index (χ1) is 11.9. The van der Waals surface area contributed by atoms with E-state index in [-0.39, 0.29) is 10.1 Å². The van der Waals surface area contributed by atoms with Gasteiger partial charge in [-0.25, -0.2) is 8.42 Å². The molecule has 6 nitrogen and oxygen atoms in total. The molecule has 1 amide bonds. The Hall–Kier alpha value is -1.90. The van der Waals surface area contributed by atoms with E-state index in [1.165, 1.54) is 15.6 Å². The van der Waals surface area contributed by atoms with Crippen molar-refractivity contribution < 1.29 is 17.9 Å². The fourth-order valence-corrected chi connectivity index (χ4v) is 5.93. The zero-order chi connectivity index (χ0) is 18.0. The minimum atomic E-state index is -3.64. The topological polar surface area (TPSA) is 75.7 Å². The van der Waals surface area contributed by atoms with E-state index in [1.807, 2.05) is 6.92 Å². The van der Waals surface area contributed by atoms with E-state index in [1.54, 1.807) is 43.5 Å². The van der Waals surface area contributed by atoms with Crippen molar-refractivity contribution in [3.63, 3.8) is 0 Å². The molecule has 8 heteroatoms. The number of thiophene rings is 1. The lowest BCUT2D eigenvalue weighted by Gasteiger charge is -2.22. The molecule has 0 saturated carbocycles. The van der Waals surface area contributed by atoms with E-state index in [9.17, 15) is 13.2 Å². The van der Waals surface area contributed by atoms with Crippen molar-refractivity contribution in [3.05, 3.63) is 41.3 Å². The molecule has 0 aliphatic carbocycles. The summed E-state index contributed by atoms with van der Waals surface area (Å²) in [6.07, 6.45) is 1.19. The van der Waals surface area contributed by atoms with Crippen LogP contribution in [0, 0.1) is 6.92 Å². The molecule has 25 heavy (non-hydrogen) atoms. The van der Waals surface area contributed by atoms with Gasteiger partial charge >= 0.3 is 0 Å². The average Bonchev–Trinajstić information content (AvgIpc) is 3.25. The van der Waals surface area contributed by atoms with Crippen LogP contribution in [0.5, 0.6) is 5.75 Å². The predicted molar refractivity (Wildman–Crippen MR) is 97.6 cm³/mol. The lowest BCUT2D eigenvalue weighted by molar-refractivity contribution is -0.119. The summed E-state index contributed by atoms with van der Waals surface area (Å²) in [6.45, 7) is 2.22. The standard InChI is InChI=1S/C17H20N2O4S2/c1-12-5-10-16(24-12)25(21,22)19-11-3-4-15(19)17(20)18-13-6-8-14(23-2)9-7-13/h5-10,15H,3-4,11H2,1-2H3,(H,18,20). The summed E-state index contributed by atoms with van der Waals surface area (Å²) >= 11 is 1.23. The maximum atomic E-state index is 12.8. The zero-order valence-corrected chi connectivity index (χ0v) is 15.7. The maximum absolute atomic E-state index is 12.8. The van der Waals surface area contributed by atoms with E-state index in [4.69, 9.17) is 4.74 Å². The summed E-state index contributed by atoms with van der Waals surface area (Å²) in [5, 5.41) is 2.80. The highest BCUT2D eigenvalue weighted by molar-refractivity contribution is 7.91. The molecule has 2 heterocycles. The second-order valence-electron chi connectivity index (χ2n) is 5.86. The number of carbonyl (C=O) groups is 1. The summed E-state index contributed by atoms with van der Waals surface area (Å²) < 4.78 is 32.4. The van der Waals surface area contributed by atoms with Gasteiger partial charge in [-0.3, -0.25) is 4.79 Å². The van der Waals surface area contributed by atoms with Crippen molar-refractivity contribution in [2.24, 2.45) is 0 Å². The van der Waals surface area contributed by atoms with Gasteiger partial charge in [0.05, 0.1) is 7.11 Å². The minimum Gasteiger partial charge on any atom is -0.497 e. The van der Waals surface area contributed by atoms with Crippen LogP contribution in [0.3, 0.4) is 0 Å². The number of amides is 1. The van der Waals surface area contributed by atoms with Gasteiger partial charge in [-0.1, -0.05) is 0 Å². The SMILES string of the molecule is COc1ccc(NC(=O)C2CCCN2S(=O)(=O)c2ccc(C)s2)cc1. The van der Waals surface area contributed by atoms with Crippen LogP contribution in [0.1, 0.15) is 17.7 Å². The molecular weight excluding hydrogens is 360 g/mol. The fraction of sp³-hybridized carbons (Fsp3) is 0.353. The Morgan fingerprint density at radius 2 is 1.96 bits per heavy atom. The number of hydrogen-bond donors (Lipinski definition) is 1. The largest absolute Gasteiger partial charge is 0.497 e. The smallest absolute Gasteiger partial charge is 0.253 e. The lowest BCUT2D eigenvalue weighted by atomic mass is 10.2. The van der Waals surface area contributed by atoms with Crippen molar-refractivity contribution in [2.75, 3.05) is 19.0 Å². The summed E-state index contributed by atoms with van der Waals surface area (Å²) in [7, 11) is -2.07. The maximum Gasteiger partial charge on any atom is 0.253 e. The molecule has 1 aromatic heterocycles. The first-order valence-corrected chi connectivity index (χ1v) is 10.2. The Morgan fingerprint density at radius 1 is 1.24 bits per heavy atom. The average molecular weight is 380 g/mol. The number of hydrogen-bond acceptors (Lipinski definition) is 5. The molecule has 1 atom stereocenters. The Kier molecular flexibility index (Phi) is 5.12. The van der Waals surface area contributed by atoms with Gasteiger partial charge in [-0.05, 0) is 56.2 Å². The molecule has 1 saturated heterocycles. The van der Waals surface area contributed by atoms with Gasteiger partial charge in [-0.15, -0.1) is 11.3 Å². The van der Waals surface area contributed by atoms with E-state index in [0.29, 0.717) is 30.8 Å². The highest BCUT2D eigenvalue weighted by Gasteiger charge is 2.40. The van der Waals surface area contributed by atoms with Crippen LogP contribution in [0.25, 0.3) is 0 Å². The van der Waals surface area contributed by atoms with Crippen LogP contribution >= 0.6 is 11.3 Å². The van der Waals surface area contributed by atoms with E-state index < -0.39 is 16.1 Å². The van der Waals surface area contributed by atoms with Gasteiger partial charge in [-0.2, -0.15) is 4.31 Å². The number of rotatable bonds is 5. The first-order valence-electron chi connectivity index (χ1n) is 7.95. The van der Waals surface area contributed by atoms with Crippen LogP contribution in [-0.2, 0) is 14.8 Å². The second kappa shape index (κ2) is 7.15. The second-order valence-corrected chi connectivity index (χ2v) is 9.26. The van der Waals surface area contributed by atoms with Crippen molar-refractivity contribution >= 4 is 33.0 Å². The number of carbonyl (C=O) groups excluding carboxylic acids is 1. The van der Waals surface area contributed by atoms with Gasteiger partial charge < -0.3 is 10.1 Å². The van der Waals surface area contributed by atoms with Crippen LogP contribution in [0.15, 0.2) is 40.6 Å². The molecule has 0 bridgehead atoms. The Balaban J connectivity index is 1.77. The molecule has 2 aromatic rings. The van der Waals surface area contributed by atoms with Crippen LogP contribution < -0.4 is 10.1 Å². The molecular formula is C17H20N2O4S2. The molecule has 134 valence electrons. The normalized spacial score (nSPS) is 18.2. The summed E-state index contributed by atoms with van der Waals surface area (Å²) in [5.74, 6) is 0.385. The highest BCUT2D eigenvalue weighted by Crippen LogP contribution is 2.30. The number of sulfonamides is 1. The number of nitrogens with zero attached hydrogens (tertiary/aromatic N) is 1. The first kappa shape index (κ1) is 17.9. The monoisotopic (exact) mass is 380 g/mol. The minimum absolute atomic E-state index is 0.286. The number of methoxy groups -OCH3 is 1. The van der Waals surface area contributed by atoms with E-state index in [0.717, 1.165) is 4.88 Å².